The Bertz CT molecular complexity index is 586. The zero-order valence-electron chi connectivity index (χ0n) is 8.51. The molecule has 0 unspecified atom stereocenters. The quantitative estimate of drug-likeness (QED) is 0.748. The molecule has 0 radical (unpaired) electrons. The van der Waals surface area contributed by atoms with Crippen LogP contribution in [0.5, 0.6) is 0 Å². The molecule has 2 heterocycles. The van der Waals surface area contributed by atoms with Crippen molar-refractivity contribution in [3.05, 3.63) is 47.0 Å². The van der Waals surface area contributed by atoms with Crippen LogP contribution in [-0.4, -0.2) is 4.98 Å². The van der Waals surface area contributed by atoms with E-state index in [4.69, 9.17) is 4.42 Å². The average molecular weight is 230 g/mol. The molecule has 3 aromatic rings. The first kappa shape index (κ1) is 9.42. The zero-order valence-corrected chi connectivity index (χ0v) is 9.33. The van der Waals surface area contributed by atoms with Crippen LogP contribution in [-0.2, 0) is 6.54 Å². The summed E-state index contributed by atoms with van der Waals surface area (Å²) in [6.45, 7) is 0.845. The van der Waals surface area contributed by atoms with Gasteiger partial charge in [-0.1, -0.05) is 6.07 Å². The van der Waals surface area contributed by atoms with E-state index in [0.29, 0.717) is 0 Å². The van der Waals surface area contributed by atoms with Gasteiger partial charge >= 0.3 is 0 Å². The van der Waals surface area contributed by atoms with Crippen LogP contribution in [0.4, 0.5) is 5.69 Å². The molecular formula is C12H10N2OS. The second kappa shape index (κ2) is 3.98. The fraction of sp³-hybridized carbons (Fsp3) is 0.0833. The van der Waals surface area contributed by atoms with Gasteiger partial charge in [0.05, 0.1) is 0 Å². The second-order valence-corrected chi connectivity index (χ2v) is 4.50. The van der Waals surface area contributed by atoms with Crippen LogP contribution < -0.4 is 5.32 Å². The second-order valence-electron chi connectivity index (χ2n) is 3.47. The largest absolute Gasteiger partial charge is 0.443 e. The van der Waals surface area contributed by atoms with Gasteiger partial charge in [0.2, 0.25) is 0 Å². The number of anilines is 1. The highest BCUT2D eigenvalue weighted by Crippen LogP contribution is 2.19. The molecule has 0 saturated carbocycles. The summed E-state index contributed by atoms with van der Waals surface area (Å²) in [6.07, 6.45) is 1.47. The number of fused-ring (bicyclic) bond motifs is 1. The number of nitrogens with one attached hydrogen (secondary N) is 1. The lowest BCUT2D eigenvalue weighted by Gasteiger charge is -2.03. The summed E-state index contributed by atoms with van der Waals surface area (Å²) in [6, 6.07) is 10.1. The van der Waals surface area contributed by atoms with Crippen molar-refractivity contribution in [1.82, 2.24) is 4.98 Å². The summed E-state index contributed by atoms with van der Waals surface area (Å²) in [7, 11) is 0. The number of thiophene rings is 1. The molecule has 0 fully saturated rings. The standard InChI is InChI=1S/C12H10N2OS/c1-2-10(16-5-1)7-13-9-3-4-11-12(6-9)15-8-14-11/h1-6,8,13H,7H2. The van der Waals surface area contributed by atoms with Crippen molar-refractivity contribution in [3.8, 4) is 0 Å². The lowest BCUT2D eigenvalue weighted by Crippen LogP contribution is -1.96. The Morgan fingerprint density at radius 1 is 1.31 bits per heavy atom. The molecular weight excluding hydrogens is 220 g/mol. The lowest BCUT2D eigenvalue weighted by atomic mass is 10.3. The molecule has 0 bridgehead atoms. The number of benzene rings is 1. The Labute approximate surface area is 96.7 Å². The van der Waals surface area contributed by atoms with Crippen molar-refractivity contribution in [3.63, 3.8) is 0 Å². The zero-order chi connectivity index (χ0) is 10.8. The average Bonchev–Trinajstić information content (AvgIpc) is 2.97. The van der Waals surface area contributed by atoms with E-state index in [0.717, 1.165) is 23.3 Å². The summed E-state index contributed by atoms with van der Waals surface area (Å²) in [5.74, 6) is 0. The number of rotatable bonds is 3. The third kappa shape index (κ3) is 1.79. The third-order valence-electron chi connectivity index (χ3n) is 2.38. The highest BCUT2D eigenvalue weighted by Gasteiger charge is 2.00. The Hall–Kier alpha value is -1.81. The van der Waals surface area contributed by atoms with Gasteiger partial charge in [0.1, 0.15) is 5.52 Å². The van der Waals surface area contributed by atoms with E-state index in [2.05, 4.69) is 27.8 Å². The van der Waals surface area contributed by atoms with Gasteiger partial charge in [-0.3, -0.25) is 0 Å². The van der Waals surface area contributed by atoms with Gasteiger partial charge in [0.25, 0.3) is 0 Å². The Balaban J connectivity index is 1.78. The minimum Gasteiger partial charge on any atom is -0.443 e. The maximum absolute atomic E-state index is 5.25. The molecule has 0 amide bonds. The normalized spacial score (nSPS) is 10.8. The molecule has 0 aliphatic heterocycles. The van der Waals surface area contributed by atoms with E-state index in [1.165, 1.54) is 11.3 Å². The van der Waals surface area contributed by atoms with Crippen LogP contribution in [0.2, 0.25) is 0 Å². The van der Waals surface area contributed by atoms with E-state index >= 15 is 0 Å². The highest BCUT2D eigenvalue weighted by molar-refractivity contribution is 7.09. The SMILES string of the molecule is c1csc(CNc2ccc3ncoc3c2)c1. The fourth-order valence-electron chi connectivity index (χ4n) is 1.57. The van der Waals surface area contributed by atoms with Crippen LogP contribution in [0.1, 0.15) is 4.88 Å². The summed E-state index contributed by atoms with van der Waals surface area (Å²) in [5.41, 5.74) is 2.76. The number of oxazole rings is 1. The van der Waals surface area contributed by atoms with Crippen LogP contribution in [0.3, 0.4) is 0 Å². The summed E-state index contributed by atoms with van der Waals surface area (Å²) in [5, 5.41) is 5.43. The van der Waals surface area contributed by atoms with Crippen molar-refractivity contribution in [2.24, 2.45) is 0 Å². The number of hydrogen-bond acceptors (Lipinski definition) is 4. The number of aromatic nitrogens is 1. The van der Waals surface area contributed by atoms with Crippen LogP contribution in [0, 0.1) is 0 Å². The maximum Gasteiger partial charge on any atom is 0.181 e. The predicted molar refractivity (Wildman–Crippen MR) is 65.7 cm³/mol. The van der Waals surface area contributed by atoms with E-state index in [1.807, 2.05) is 18.2 Å². The maximum atomic E-state index is 5.25. The molecule has 4 heteroatoms. The van der Waals surface area contributed by atoms with Crippen molar-refractivity contribution >= 4 is 28.1 Å². The topological polar surface area (TPSA) is 38.1 Å². The third-order valence-corrected chi connectivity index (χ3v) is 3.25. The van der Waals surface area contributed by atoms with Gasteiger partial charge in [-0.05, 0) is 23.6 Å². The minimum atomic E-state index is 0.816. The highest BCUT2D eigenvalue weighted by atomic mass is 32.1. The van der Waals surface area contributed by atoms with E-state index < -0.39 is 0 Å². The first-order valence-electron chi connectivity index (χ1n) is 5.01. The first-order chi connectivity index (χ1) is 7.92. The van der Waals surface area contributed by atoms with Crippen molar-refractivity contribution in [2.45, 2.75) is 6.54 Å². The summed E-state index contributed by atoms with van der Waals surface area (Å²) < 4.78 is 5.25. The van der Waals surface area contributed by atoms with Crippen molar-refractivity contribution in [1.29, 1.82) is 0 Å². The summed E-state index contributed by atoms with van der Waals surface area (Å²) >= 11 is 1.75. The van der Waals surface area contributed by atoms with Gasteiger partial charge in [0.15, 0.2) is 12.0 Å². The van der Waals surface area contributed by atoms with Gasteiger partial charge in [-0.15, -0.1) is 11.3 Å². The van der Waals surface area contributed by atoms with Gasteiger partial charge in [-0.2, -0.15) is 0 Å². The fourth-order valence-corrected chi connectivity index (χ4v) is 2.21. The Morgan fingerprint density at radius 2 is 2.31 bits per heavy atom. The number of nitrogens with zero attached hydrogens (tertiary/aromatic N) is 1. The molecule has 16 heavy (non-hydrogen) atoms. The first-order valence-corrected chi connectivity index (χ1v) is 5.89. The monoisotopic (exact) mass is 230 g/mol. The van der Waals surface area contributed by atoms with E-state index in [9.17, 15) is 0 Å². The molecule has 2 aromatic heterocycles. The molecule has 3 nitrogen and oxygen atoms in total. The van der Waals surface area contributed by atoms with Crippen LogP contribution in [0.25, 0.3) is 11.1 Å². The molecule has 0 aliphatic rings. The molecule has 3 rings (SSSR count). The molecule has 0 aliphatic carbocycles. The molecule has 0 atom stereocenters. The van der Waals surface area contributed by atoms with Crippen LogP contribution in [0.15, 0.2) is 46.5 Å². The predicted octanol–water partition coefficient (Wildman–Crippen LogP) is 3.50. The Kier molecular flexibility index (Phi) is 2.34. The molecule has 80 valence electrons. The minimum absolute atomic E-state index is 0.816. The van der Waals surface area contributed by atoms with Crippen molar-refractivity contribution < 1.29 is 4.42 Å². The van der Waals surface area contributed by atoms with E-state index in [-0.39, 0.29) is 0 Å². The van der Waals surface area contributed by atoms with Crippen molar-refractivity contribution in [2.75, 3.05) is 5.32 Å². The van der Waals surface area contributed by atoms with E-state index in [1.54, 1.807) is 11.3 Å². The van der Waals surface area contributed by atoms with Gasteiger partial charge < -0.3 is 9.73 Å². The Morgan fingerprint density at radius 3 is 3.19 bits per heavy atom. The molecule has 1 aromatic carbocycles. The van der Waals surface area contributed by atoms with Gasteiger partial charge in [0, 0.05) is 23.2 Å². The molecule has 1 N–H and O–H groups in total. The number of hydrogen-bond donors (Lipinski definition) is 1. The molecule has 0 saturated heterocycles. The summed E-state index contributed by atoms with van der Waals surface area (Å²) in [4.78, 5) is 5.39. The lowest BCUT2D eigenvalue weighted by molar-refractivity contribution is 0.602. The molecule has 0 spiro atoms. The van der Waals surface area contributed by atoms with Crippen LogP contribution >= 0.6 is 11.3 Å². The van der Waals surface area contributed by atoms with Gasteiger partial charge in [-0.25, -0.2) is 4.98 Å². The smallest absolute Gasteiger partial charge is 0.181 e.